The van der Waals surface area contributed by atoms with E-state index in [4.69, 9.17) is 4.74 Å². The van der Waals surface area contributed by atoms with Crippen LogP contribution < -0.4 is 20.1 Å². The Balaban J connectivity index is 1.95. The summed E-state index contributed by atoms with van der Waals surface area (Å²) in [5, 5.41) is 9.27. The van der Waals surface area contributed by atoms with Gasteiger partial charge >= 0.3 is 6.03 Å². The van der Waals surface area contributed by atoms with Gasteiger partial charge in [0.15, 0.2) is 0 Å². The van der Waals surface area contributed by atoms with Crippen molar-refractivity contribution in [1.82, 2.24) is 20.1 Å². The number of carbonyl (C=O) groups is 1. The molecule has 0 spiro atoms. The van der Waals surface area contributed by atoms with Crippen LogP contribution in [-0.2, 0) is 23.5 Å². The van der Waals surface area contributed by atoms with Crippen LogP contribution in [0.5, 0.6) is 5.75 Å². The molecule has 0 aliphatic heterocycles. The summed E-state index contributed by atoms with van der Waals surface area (Å²) < 4.78 is 31.9. The van der Waals surface area contributed by atoms with Gasteiger partial charge < -0.3 is 15.4 Å². The molecule has 2 aromatic rings. The van der Waals surface area contributed by atoms with Crippen LogP contribution in [0.25, 0.3) is 0 Å². The van der Waals surface area contributed by atoms with Crippen LogP contribution in [-0.4, -0.2) is 49.1 Å². The van der Waals surface area contributed by atoms with E-state index in [-0.39, 0.29) is 5.69 Å². The van der Waals surface area contributed by atoms with Crippen molar-refractivity contribution in [2.24, 2.45) is 7.05 Å². The number of sulfonamides is 1. The molecule has 136 valence electrons. The van der Waals surface area contributed by atoms with Crippen LogP contribution in [0.4, 0.5) is 16.2 Å². The van der Waals surface area contributed by atoms with Crippen LogP contribution in [0.2, 0.25) is 0 Å². The second-order valence-corrected chi connectivity index (χ2v) is 6.97. The van der Waals surface area contributed by atoms with E-state index in [1.54, 1.807) is 23.9 Å². The highest BCUT2D eigenvalue weighted by atomic mass is 32.2. The third-order valence-corrected chi connectivity index (χ3v) is 3.78. The van der Waals surface area contributed by atoms with Gasteiger partial charge in [-0.25, -0.2) is 18.2 Å². The van der Waals surface area contributed by atoms with Crippen molar-refractivity contribution in [1.29, 1.82) is 0 Å². The number of methoxy groups -OCH3 is 1. The second kappa shape index (κ2) is 7.83. The lowest BCUT2D eigenvalue weighted by atomic mass is 10.2. The highest BCUT2D eigenvalue weighted by Gasteiger charge is 2.11. The normalized spacial score (nSPS) is 11.0. The first-order valence-electron chi connectivity index (χ1n) is 7.32. The Morgan fingerprint density at radius 2 is 2.12 bits per heavy atom. The molecule has 0 bridgehead atoms. The molecule has 0 fully saturated rings. The monoisotopic (exact) mass is 368 g/mol. The van der Waals surface area contributed by atoms with Crippen LogP contribution >= 0.6 is 0 Å². The van der Waals surface area contributed by atoms with Crippen molar-refractivity contribution in [3.8, 4) is 5.75 Å². The first-order valence-corrected chi connectivity index (χ1v) is 9.21. The predicted octanol–water partition coefficient (Wildman–Crippen LogP) is 0.559. The van der Waals surface area contributed by atoms with Gasteiger partial charge in [0.25, 0.3) is 0 Å². The fourth-order valence-corrected chi connectivity index (χ4v) is 2.63. The molecule has 0 radical (unpaired) electrons. The molecule has 0 aliphatic rings. The van der Waals surface area contributed by atoms with Gasteiger partial charge in [-0.05, 0) is 18.2 Å². The number of benzene rings is 1. The molecular weight excluding hydrogens is 348 g/mol. The van der Waals surface area contributed by atoms with Crippen LogP contribution in [0.15, 0.2) is 24.5 Å². The number of aromatic nitrogens is 3. The number of carbonyl (C=O) groups excluding carboxylic acids is 1. The molecule has 0 saturated carbocycles. The minimum atomic E-state index is -3.47. The number of urea groups is 1. The number of nitrogens with zero attached hydrogens (tertiary/aromatic N) is 3. The fourth-order valence-electron chi connectivity index (χ4n) is 2.07. The van der Waals surface area contributed by atoms with Crippen molar-refractivity contribution in [3.05, 3.63) is 30.4 Å². The van der Waals surface area contributed by atoms with Gasteiger partial charge in [-0.3, -0.25) is 9.40 Å². The lowest BCUT2D eigenvalue weighted by molar-refractivity contribution is 0.252. The van der Waals surface area contributed by atoms with E-state index in [2.05, 4.69) is 25.4 Å². The quantitative estimate of drug-likeness (QED) is 0.655. The second-order valence-electron chi connectivity index (χ2n) is 5.22. The molecule has 25 heavy (non-hydrogen) atoms. The standard InChI is InChI=1S/C14H20N6O4S/c1-20-13(16-9-17-20)6-7-15-14(21)18-10-4-5-12(24-2)11(8-10)19-25(3,22)23/h4-5,8-9,19H,6-7H2,1-3H3,(H2,15,18,21). The zero-order valence-corrected chi connectivity index (χ0v) is 14.9. The van der Waals surface area contributed by atoms with Crippen LogP contribution in [0.3, 0.4) is 0 Å². The molecule has 11 heteroatoms. The Morgan fingerprint density at radius 3 is 2.72 bits per heavy atom. The molecule has 10 nitrogen and oxygen atoms in total. The first kappa shape index (κ1) is 18.5. The van der Waals surface area contributed by atoms with E-state index in [1.807, 2.05) is 0 Å². The van der Waals surface area contributed by atoms with Crippen molar-refractivity contribution < 1.29 is 17.9 Å². The molecule has 0 unspecified atom stereocenters. The average Bonchev–Trinajstić information content (AvgIpc) is 2.91. The van der Waals surface area contributed by atoms with Gasteiger partial charge in [0.2, 0.25) is 10.0 Å². The number of hydrogen-bond donors (Lipinski definition) is 3. The van der Waals surface area contributed by atoms with E-state index >= 15 is 0 Å². The van der Waals surface area contributed by atoms with Crippen molar-refractivity contribution >= 4 is 27.4 Å². The maximum Gasteiger partial charge on any atom is 0.319 e. The summed E-state index contributed by atoms with van der Waals surface area (Å²) >= 11 is 0. The first-order chi connectivity index (χ1) is 11.8. The molecule has 1 aromatic heterocycles. The topological polar surface area (TPSA) is 127 Å². The van der Waals surface area contributed by atoms with Gasteiger partial charge in [-0.15, -0.1) is 0 Å². The Labute approximate surface area is 145 Å². The number of anilines is 2. The lowest BCUT2D eigenvalue weighted by Gasteiger charge is -2.13. The number of rotatable bonds is 7. The number of nitrogens with one attached hydrogen (secondary N) is 3. The lowest BCUT2D eigenvalue weighted by Crippen LogP contribution is -2.31. The van der Waals surface area contributed by atoms with Gasteiger partial charge in [0.05, 0.1) is 19.1 Å². The highest BCUT2D eigenvalue weighted by molar-refractivity contribution is 7.92. The number of hydrogen-bond acceptors (Lipinski definition) is 6. The van der Waals surface area contributed by atoms with Crippen LogP contribution in [0.1, 0.15) is 5.82 Å². The Hall–Kier alpha value is -2.82. The minimum absolute atomic E-state index is 0.238. The maximum atomic E-state index is 11.9. The highest BCUT2D eigenvalue weighted by Crippen LogP contribution is 2.28. The largest absolute Gasteiger partial charge is 0.495 e. The predicted molar refractivity (Wildman–Crippen MR) is 93.2 cm³/mol. The average molecular weight is 368 g/mol. The molecule has 1 heterocycles. The summed E-state index contributed by atoms with van der Waals surface area (Å²) in [5.41, 5.74) is 0.657. The fraction of sp³-hybridized carbons (Fsp3) is 0.357. The summed E-state index contributed by atoms with van der Waals surface area (Å²) in [5.74, 6) is 1.10. The number of aryl methyl sites for hydroxylation is 1. The zero-order chi connectivity index (χ0) is 18.4. The minimum Gasteiger partial charge on any atom is -0.495 e. The molecule has 0 aliphatic carbocycles. The number of ether oxygens (including phenoxy) is 1. The molecule has 0 saturated heterocycles. The van der Waals surface area contributed by atoms with Gasteiger partial charge in [-0.1, -0.05) is 0 Å². The van der Waals surface area contributed by atoms with E-state index < -0.39 is 16.1 Å². The Bertz CT molecular complexity index is 849. The summed E-state index contributed by atoms with van der Waals surface area (Å²) in [6.45, 7) is 0.378. The summed E-state index contributed by atoms with van der Waals surface area (Å²) in [6, 6.07) is 4.22. The maximum absolute atomic E-state index is 11.9. The van der Waals surface area contributed by atoms with E-state index in [0.29, 0.717) is 24.4 Å². The Kier molecular flexibility index (Phi) is 5.80. The summed E-state index contributed by atoms with van der Waals surface area (Å²) in [4.78, 5) is 16.0. The zero-order valence-electron chi connectivity index (χ0n) is 14.1. The SMILES string of the molecule is COc1ccc(NC(=O)NCCc2ncnn2C)cc1NS(C)(=O)=O. The molecule has 3 N–H and O–H groups in total. The Morgan fingerprint density at radius 1 is 1.36 bits per heavy atom. The molecule has 2 amide bonds. The molecular formula is C14H20N6O4S. The molecule has 0 atom stereocenters. The molecule has 2 rings (SSSR count). The molecule has 1 aromatic carbocycles. The smallest absolute Gasteiger partial charge is 0.319 e. The van der Waals surface area contributed by atoms with Crippen molar-refractivity contribution in [3.63, 3.8) is 0 Å². The number of amides is 2. The van der Waals surface area contributed by atoms with E-state index in [1.165, 1.54) is 19.5 Å². The summed E-state index contributed by atoms with van der Waals surface area (Å²) in [6.07, 6.45) is 3.02. The third-order valence-electron chi connectivity index (χ3n) is 3.19. The van der Waals surface area contributed by atoms with Gasteiger partial charge in [-0.2, -0.15) is 5.10 Å². The van der Waals surface area contributed by atoms with Crippen LogP contribution in [0, 0.1) is 0 Å². The van der Waals surface area contributed by atoms with Crippen molar-refractivity contribution in [2.45, 2.75) is 6.42 Å². The third kappa shape index (κ3) is 5.64. The van der Waals surface area contributed by atoms with E-state index in [0.717, 1.165) is 12.1 Å². The van der Waals surface area contributed by atoms with Crippen molar-refractivity contribution in [2.75, 3.05) is 29.9 Å². The summed E-state index contributed by atoms with van der Waals surface area (Å²) in [7, 11) is -0.272. The van der Waals surface area contributed by atoms with E-state index in [9.17, 15) is 13.2 Å². The van der Waals surface area contributed by atoms with Gasteiger partial charge in [0.1, 0.15) is 17.9 Å². The van der Waals surface area contributed by atoms with Gasteiger partial charge in [0, 0.05) is 25.7 Å².